The second-order valence-electron chi connectivity index (χ2n) is 5.15. The van der Waals surface area contributed by atoms with Gasteiger partial charge in [-0.2, -0.15) is 0 Å². The van der Waals surface area contributed by atoms with E-state index in [1.165, 1.54) is 0 Å². The minimum Gasteiger partial charge on any atom is -0.376 e. The maximum Gasteiger partial charge on any atom is 0.191 e. The summed E-state index contributed by atoms with van der Waals surface area (Å²) in [5.74, 6) is 0.622. The van der Waals surface area contributed by atoms with Crippen LogP contribution in [0.1, 0.15) is 12.8 Å². The Morgan fingerprint density at radius 1 is 1.30 bits per heavy atom. The number of benzene rings is 1. The van der Waals surface area contributed by atoms with E-state index in [4.69, 9.17) is 4.74 Å². The molecule has 8 heteroatoms. The Morgan fingerprint density at radius 2 is 2.04 bits per heavy atom. The average molecular weight is 453 g/mol. The maximum absolute atomic E-state index is 12.1. The zero-order valence-electron chi connectivity index (χ0n) is 13.2. The zero-order valence-corrected chi connectivity index (χ0v) is 16.3. The van der Waals surface area contributed by atoms with Gasteiger partial charge >= 0.3 is 0 Å². The normalized spacial score (nSPS) is 18.3. The molecule has 1 saturated heterocycles. The highest BCUT2D eigenvalue weighted by Gasteiger charge is 2.16. The highest BCUT2D eigenvalue weighted by Crippen LogP contribution is 2.10. The molecular formula is C15H24IN3O3S. The number of sulfone groups is 1. The first kappa shape index (κ1) is 20.2. The maximum atomic E-state index is 12.1. The Kier molecular flexibility index (Phi) is 8.85. The lowest BCUT2D eigenvalue weighted by Gasteiger charge is -2.15. The van der Waals surface area contributed by atoms with Gasteiger partial charge in [-0.1, -0.05) is 18.2 Å². The fourth-order valence-corrected chi connectivity index (χ4v) is 3.46. The second-order valence-corrected chi connectivity index (χ2v) is 7.26. The summed E-state index contributed by atoms with van der Waals surface area (Å²) in [4.78, 5) is 4.43. The highest BCUT2D eigenvalue weighted by atomic mass is 127. The molecule has 130 valence electrons. The van der Waals surface area contributed by atoms with Crippen LogP contribution in [-0.2, 0) is 14.6 Å². The minimum absolute atomic E-state index is 0. The van der Waals surface area contributed by atoms with Crippen LogP contribution in [0.15, 0.2) is 40.2 Å². The number of halogens is 1. The standard InChI is InChI=1S/C15H23N3O3S.HI/c1-16-15(18-12-13-6-5-10-21-13)17-9-11-22(19,20)14-7-3-2-4-8-14;/h2-4,7-8,13H,5-6,9-12H2,1H3,(H2,16,17,18);1H. The molecule has 2 rings (SSSR count). The molecule has 0 spiro atoms. The first-order valence-corrected chi connectivity index (χ1v) is 9.11. The molecule has 0 bridgehead atoms. The number of hydrogen-bond donors (Lipinski definition) is 2. The third kappa shape index (κ3) is 6.64. The van der Waals surface area contributed by atoms with Gasteiger partial charge in [0.2, 0.25) is 0 Å². The van der Waals surface area contributed by atoms with E-state index >= 15 is 0 Å². The van der Waals surface area contributed by atoms with Crippen LogP contribution in [0, 0.1) is 0 Å². The molecule has 1 aliphatic heterocycles. The van der Waals surface area contributed by atoms with Gasteiger partial charge in [-0.15, -0.1) is 24.0 Å². The van der Waals surface area contributed by atoms with E-state index in [0.717, 1.165) is 19.4 Å². The Morgan fingerprint density at radius 3 is 2.65 bits per heavy atom. The van der Waals surface area contributed by atoms with Crippen LogP contribution in [0.5, 0.6) is 0 Å². The van der Waals surface area contributed by atoms with E-state index in [1.807, 2.05) is 0 Å². The van der Waals surface area contributed by atoms with Gasteiger partial charge < -0.3 is 15.4 Å². The Labute approximate surface area is 155 Å². The first-order valence-electron chi connectivity index (χ1n) is 7.46. The van der Waals surface area contributed by atoms with Crippen LogP contribution in [0.4, 0.5) is 0 Å². The molecule has 1 heterocycles. The second kappa shape index (κ2) is 10.1. The summed E-state index contributed by atoms with van der Waals surface area (Å²) in [6.07, 6.45) is 2.35. The molecule has 0 aliphatic carbocycles. The summed E-state index contributed by atoms with van der Waals surface area (Å²) >= 11 is 0. The lowest BCUT2D eigenvalue weighted by molar-refractivity contribution is 0.114. The van der Waals surface area contributed by atoms with E-state index in [0.29, 0.717) is 23.9 Å². The highest BCUT2D eigenvalue weighted by molar-refractivity contribution is 14.0. The molecule has 23 heavy (non-hydrogen) atoms. The number of aliphatic imine (C=N–C) groups is 1. The van der Waals surface area contributed by atoms with Crippen molar-refractivity contribution in [3.63, 3.8) is 0 Å². The topological polar surface area (TPSA) is 79.8 Å². The molecule has 2 N–H and O–H groups in total. The third-order valence-electron chi connectivity index (χ3n) is 3.51. The van der Waals surface area contributed by atoms with Crippen molar-refractivity contribution in [1.29, 1.82) is 0 Å². The van der Waals surface area contributed by atoms with Crippen LogP contribution < -0.4 is 10.6 Å². The smallest absolute Gasteiger partial charge is 0.191 e. The molecule has 0 aromatic heterocycles. The number of nitrogens with zero attached hydrogens (tertiary/aromatic N) is 1. The van der Waals surface area contributed by atoms with Crippen LogP contribution in [0.2, 0.25) is 0 Å². The zero-order chi connectivity index (χ0) is 15.8. The fraction of sp³-hybridized carbons (Fsp3) is 0.533. The van der Waals surface area contributed by atoms with Crippen molar-refractivity contribution in [2.45, 2.75) is 23.8 Å². The monoisotopic (exact) mass is 453 g/mol. The lowest BCUT2D eigenvalue weighted by atomic mass is 10.2. The minimum atomic E-state index is -3.26. The molecule has 1 aliphatic rings. The van der Waals surface area contributed by atoms with E-state index in [-0.39, 0.29) is 35.8 Å². The Bertz CT molecular complexity index is 587. The van der Waals surface area contributed by atoms with E-state index in [9.17, 15) is 8.42 Å². The van der Waals surface area contributed by atoms with E-state index < -0.39 is 9.84 Å². The van der Waals surface area contributed by atoms with Crippen molar-refractivity contribution in [1.82, 2.24) is 10.6 Å². The summed E-state index contributed by atoms with van der Waals surface area (Å²) in [7, 11) is -1.60. The van der Waals surface area contributed by atoms with Crippen LogP contribution in [0.25, 0.3) is 0 Å². The van der Waals surface area contributed by atoms with Gasteiger partial charge in [0.25, 0.3) is 0 Å². The summed E-state index contributed by atoms with van der Waals surface area (Å²) in [5, 5.41) is 6.18. The quantitative estimate of drug-likeness (QED) is 0.387. The molecule has 0 amide bonds. The number of guanidine groups is 1. The summed E-state index contributed by atoms with van der Waals surface area (Å²) in [6, 6.07) is 8.47. The fourth-order valence-electron chi connectivity index (χ4n) is 2.29. The molecule has 6 nitrogen and oxygen atoms in total. The Hall–Kier alpha value is -0.870. The van der Waals surface area contributed by atoms with Gasteiger partial charge in [0.15, 0.2) is 15.8 Å². The first-order chi connectivity index (χ1) is 10.6. The molecule has 0 radical (unpaired) electrons. The van der Waals surface area contributed by atoms with E-state index in [2.05, 4.69) is 15.6 Å². The molecule has 1 aromatic rings. The van der Waals surface area contributed by atoms with Gasteiger partial charge in [-0.3, -0.25) is 4.99 Å². The lowest BCUT2D eigenvalue weighted by Crippen LogP contribution is -2.42. The molecule has 1 fully saturated rings. The molecule has 1 unspecified atom stereocenters. The van der Waals surface area contributed by atoms with E-state index in [1.54, 1.807) is 37.4 Å². The molecule has 1 aromatic carbocycles. The van der Waals surface area contributed by atoms with Gasteiger partial charge in [0.05, 0.1) is 16.8 Å². The largest absolute Gasteiger partial charge is 0.376 e. The Balaban J connectivity index is 0.00000264. The van der Waals surface area contributed by atoms with Crippen LogP contribution in [0.3, 0.4) is 0 Å². The number of ether oxygens (including phenoxy) is 1. The van der Waals surface area contributed by atoms with Crippen molar-refractivity contribution >= 4 is 39.8 Å². The van der Waals surface area contributed by atoms with Gasteiger partial charge in [0, 0.05) is 26.7 Å². The third-order valence-corrected chi connectivity index (χ3v) is 5.24. The van der Waals surface area contributed by atoms with Gasteiger partial charge in [-0.05, 0) is 25.0 Å². The SMILES string of the molecule is CN=C(NCCS(=O)(=O)c1ccccc1)NCC1CCCO1.I. The van der Waals surface area contributed by atoms with Crippen molar-refractivity contribution in [2.75, 3.05) is 32.5 Å². The molecule has 1 atom stereocenters. The summed E-state index contributed by atoms with van der Waals surface area (Å²) < 4.78 is 29.8. The van der Waals surface area contributed by atoms with Crippen molar-refractivity contribution in [3.8, 4) is 0 Å². The van der Waals surface area contributed by atoms with Crippen LogP contribution in [-0.4, -0.2) is 53.0 Å². The predicted molar refractivity (Wildman–Crippen MR) is 102 cm³/mol. The van der Waals surface area contributed by atoms with Crippen LogP contribution >= 0.6 is 24.0 Å². The summed E-state index contributed by atoms with van der Waals surface area (Å²) in [5.41, 5.74) is 0. The molecular weight excluding hydrogens is 429 g/mol. The van der Waals surface area contributed by atoms with Crippen molar-refractivity contribution in [2.24, 2.45) is 4.99 Å². The van der Waals surface area contributed by atoms with Gasteiger partial charge in [0.1, 0.15) is 0 Å². The van der Waals surface area contributed by atoms with Gasteiger partial charge in [-0.25, -0.2) is 8.42 Å². The number of hydrogen-bond acceptors (Lipinski definition) is 4. The van der Waals surface area contributed by atoms with Crippen molar-refractivity contribution in [3.05, 3.63) is 30.3 Å². The number of rotatable bonds is 6. The summed E-state index contributed by atoms with van der Waals surface area (Å²) in [6.45, 7) is 1.81. The predicted octanol–water partition coefficient (Wildman–Crippen LogP) is 1.42. The molecule has 0 saturated carbocycles. The average Bonchev–Trinajstić information content (AvgIpc) is 3.05. The van der Waals surface area contributed by atoms with Crippen molar-refractivity contribution < 1.29 is 13.2 Å². The number of nitrogens with one attached hydrogen (secondary N) is 2.